The van der Waals surface area contributed by atoms with Gasteiger partial charge in [0.05, 0.1) is 11.9 Å². The molecule has 0 aromatic carbocycles. The lowest BCUT2D eigenvalue weighted by Gasteiger charge is -2.21. The van der Waals surface area contributed by atoms with Crippen LogP contribution < -0.4 is 0 Å². The number of rotatable bonds is 0. The lowest BCUT2D eigenvalue weighted by atomic mass is 9.87. The van der Waals surface area contributed by atoms with Crippen LogP contribution in [0.2, 0.25) is 0 Å². The van der Waals surface area contributed by atoms with E-state index in [1.807, 2.05) is 27.7 Å². The van der Waals surface area contributed by atoms with Crippen LogP contribution in [-0.2, 0) is 5.41 Å². The molecular weight excluding hydrogens is 233 g/mol. The Morgan fingerprint density at radius 2 is 1.92 bits per heavy atom. The minimum absolute atomic E-state index is 0.198. The molecule has 0 amide bonds. The second-order valence-electron chi connectivity index (χ2n) is 4.13. The molecule has 0 bridgehead atoms. The van der Waals surface area contributed by atoms with Gasteiger partial charge >= 0.3 is 0 Å². The van der Waals surface area contributed by atoms with E-state index >= 15 is 0 Å². The smallest absolute Gasteiger partial charge is 0.146 e. The molecule has 13 heavy (non-hydrogen) atoms. The number of aromatic nitrogens is 1. The van der Waals surface area contributed by atoms with Crippen molar-refractivity contribution in [3.05, 3.63) is 27.7 Å². The zero-order valence-electron chi connectivity index (χ0n) is 8.28. The van der Waals surface area contributed by atoms with Crippen LogP contribution in [0.4, 0.5) is 4.39 Å². The van der Waals surface area contributed by atoms with Gasteiger partial charge in [-0.25, -0.2) is 4.39 Å². The van der Waals surface area contributed by atoms with Crippen LogP contribution in [0, 0.1) is 12.7 Å². The third-order valence-corrected chi connectivity index (χ3v) is 2.87. The number of hydrogen-bond acceptors (Lipinski definition) is 1. The molecule has 0 aliphatic carbocycles. The van der Waals surface area contributed by atoms with Gasteiger partial charge in [-0.15, -0.1) is 0 Å². The summed E-state index contributed by atoms with van der Waals surface area (Å²) in [6.45, 7) is 7.81. The first-order valence-electron chi connectivity index (χ1n) is 4.15. The molecule has 0 N–H and O–H groups in total. The predicted octanol–water partition coefficient (Wildman–Crippen LogP) is 3.59. The van der Waals surface area contributed by atoms with Crippen molar-refractivity contribution in [2.24, 2.45) is 0 Å². The van der Waals surface area contributed by atoms with Gasteiger partial charge in [-0.3, -0.25) is 4.98 Å². The fourth-order valence-electron chi connectivity index (χ4n) is 1.25. The van der Waals surface area contributed by atoms with E-state index in [2.05, 4.69) is 20.9 Å². The molecule has 0 saturated heterocycles. The molecule has 72 valence electrons. The number of hydrogen-bond donors (Lipinski definition) is 0. The van der Waals surface area contributed by atoms with E-state index in [0.29, 0.717) is 5.56 Å². The fraction of sp³-hybridized carbons (Fsp3) is 0.500. The van der Waals surface area contributed by atoms with Gasteiger partial charge < -0.3 is 0 Å². The highest BCUT2D eigenvalue weighted by atomic mass is 79.9. The van der Waals surface area contributed by atoms with Gasteiger partial charge in [0, 0.05) is 10.0 Å². The van der Waals surface area contributed by atoms with Crippen LogP contribution in [0.25, 0.3) is 0 Å². The zero-order chi connectivity index (χ0) is 10.2. The van der Waals surface area contributed by atoms with Gasteiger partial charge in [-0.1, -0.05) is 20.8 Å². The van der Waals surface area contributed by atoms with Crippen molar-refractivity contribution in [3.63, 3.8) is 0 Å². The Morgan fingerprint density at radius 3 is 2.31 bits per heavy atom. The van der Waals surface area contributed by atoms with Crippen molar-refractivity contribution in [1.82, 2.24) is 4.98 Å². The first-order valence-corrected chi connectivity index (χ1v) is 4.94. The van der Waals surface area contributed by atoms with E-state index in [1.165, 1.54) is 6.20 Å². The summed E-state index contributed by atoms with van der Waals surface area (Å²) in [6.07, 6.45) is 1.28. The van der Waals surface area contributed by atoms with E-state index < -0.39 is 0 Å². The average molecular weight is 246 g/mol. The van der Waals surface area contributed by atoms with Crippen LogP contribution in [0.5, 0.6) is 0 Å². The van der Waals surface area contributed by atoms with Gasteiger partial charge in [0.25, 0.3) is 0 Å². The predicted molar refractivity (Wildman–Crippen MR) is 55.3 cm³/mol. The van der Waals surface area contributed by atoms with Crippen molar-refractivity contribution in [2.45, 2.75) is 33.1 Å². The van der Waals surface area contributed by atoms with Crippen LogP contribution in [0.1, 0.15) is 32.0 Å². The summed E-state index contributed by atoms with van der Waals surface area (Å²) < 4.78 is 14.2. The molecular formula is C10H13BrFN. The summed E-state index contributed by atoms with van der Waals surface area (Å²) in [5, 5.41) is 0. The van der Waals surface area contributed by atoms with E-state index in [4.69, 9.17) is 0 Å². The van der Waals surface area contributed by atoms with Crippen molar-refractivity contribution >= 4 is 15.9 Å². The Kier molecular flexibility index (Phi) is 2.76. The van der Waals surface area contributed by atoms with Gasteiger partial charge in [0.2, 0.25) is 0 Å². The van der Waals surface area contributed by atoms with E-state index in [9.17, 15) is 4.39 Å². The summed E-state index contributed by atoms with van der Waals surface area (Å²) in [4.78, 5) is 3.93. The molecule has 0 radical (unpaired) electrons. The highest BCUT2D eigenvalue weighted by Gasteiger charge is 2.22. The first-order chi connectivity index (χ1) is 5.84. The van der Waals surface area contributed by atoms with Gasteiger partial charge in [0.1, 0.15) is 5.82 Å². The van der Waals surface area contributed by atoms with Crippen LogP contribution >= 0.6 is 15.9 Å². The fourth-order valence-corrected chi connectivity index (χ4v) is 2.13. The maximum Gasteiger partial charge on any atom is 0.146 e. The van der Waals surface area contributed by atoms with Crippen LogP contribution in [-0.4, -0.2) is 4.98 Å². The zero-order valence-corrected chi connectivity index (χ0v) is 9.87. The molecule has 0 aliphatic heterocycles. The first kappa shape index (κ1) is 10.6. The van der Waals surface area contributed by atoms with Gasteiger partial charge in [-0.2, -0.15) is 0 Å². The Balaban J connectivity index is 3.43. The van der Waals surface area contributed by atoms with E-state index in [1.54, 1.807) is 0 Å². The van der Waals surface area contributed by atoms with Crippen molar-refractivity contribution in [3.8, 4) is 0 Å². The molecule has 1 rings (SSSR count). The van der Waals surface area contributed by atoms with E-state index in [-0.39, 0.29) is 11.2 Å². The van der Waals surface area contributed by atoms with Gasteiger partial charge in [-0.05, 0) is 28.3 Å². The number of nitrogens with zero attached hydrogens (tertiary/aromatic N) is 1. The van der Waals surface area contributed by atoms with Crippen molar-refractivity contribution in [1.29, 1.82) is 0 Å². The Bertz CT molecular complexity index is 328. The third-order valence-electron chi connectivity index (χ3n) is 1.90. The molecule has 0 atom stereocenters. The molecule has 1 aromatic heterocycles. The SMILES string of the molecule is Cc1ncc(F)c(C(C)(C)C)c1Br. The maximum atomic E-state index is 13.4. The Morgan fingerprint density at radius 1 is 1.38 bits per heavy atom. The third kappa shape index (κ3) is 2.08. The molecule has 0 fully saturated rings. The molecule has 1 aromatic rings. The highest BCUT2D eigenvalue weighted by molar-refractivity contribution is 9.10. The van der Waals surface area contributed by atoms with Crippen LogP contribution in [0.3, 0.4) is 0 Å². The molecule has 0 aliphatic rings. The summed E-state index contributed by atoms with van der Waals surface area (Å²) in [5.41, 5.74) is 1.32. The number of halogens is 2. The molecule has 0 unspecified atom stereocenters. The molecule has 3 heteroatoms. The summed E-state index contributed by atoms with van der Waals surface area (Å²) in [7, 11) is 0. The van der Waals surface area contributed by atoms with Gasteiger partial charge in [0.15, 0.2) is 0 Å². The lowest BCUT2D eigenvalue weighted by Crippen LogP contribution is -2.15. The van der Waals surface area contributed by atoms with Crippen molar-refractivity contribution < 1.29 is 4.39 Å². The second kappa shape index (κ2) is 3.37. The minimum atomic E-state index is -0.245. The number of aryl methyl sites for hydroxylation is 1. The number of pyridine rings is 1. The molecule has 1 heterocycles. The Hall–Kier alpha value is -0.440. The summed E-state index contributed by atoms with van der Waals surface area (Å²) in [5.74, 6) is -0.245. The monoisotopic (exact) mass is 245 g/mol. The van der Waals surface area contributed by atoms with Crippen molar-refractivity contribution in [2.75, 3.05) is 0 Å². The average Bonchev–Trinajstić information content (AvgIpc) is 1.95. The topological polar surface area (TPSA) is 12.9 Å². The summed E-state index contributed by atoms with van der Waals surface area (Å²) in [6, 6.07) is 0. The maximum absolute atomic E-state index is 13.4. The molecule has 0 saturated carbocycles. The quantitative estimate of drug-likeness (QED) is 0.681. The normalized spacial score (nSPS) is 11.8. The largest absolute Gasteiger partial charge is 0.257 e. The van der Waals surface area contributed by atoms with Crippen LogP contribution in [0.15, 0.2) is 10.7 Å². The highest BCUT2D eigenvalue weighted by Crippen LogP contribution is 2.32. The standard InChI is InChI=1S/C10H13BrFN/c1-6-9(11)8(10(2,3)4)7(12)5-13-6/h5H,1-4H3. The second-order valence-corrected chi connectivity index (χ2v) is 4.92. The Labute approximate surface area is 86.5 Å². The van der Waals surface area contributed by atoms with E-state index in [0.717, 1.165) is 10.2 Å². The lowest BCUT2D eigenvalue weighted by molar-refractivity contribution is 0.514. The molecule has 1 nitrogen and oxygen atoms in total. The molecule has 0 spiro atoms. The minimum Gasteiger partial charge on any atom is -0.257 e. The summed E-state index contributed by atoms with van der Waals surface area (Å²) >= 11 is 3.36.